The van der Waals surface area contributed by atoms with Gasteiger partial charge in [-0.2, -0.15) is 0 Å². The summed E-state index contributed by atoms with van der Waals surface area (Å²) in [5.74, 6) is 0.0729. The second-order valence-corrected chi connectivity index (χ2v) is 5.25. The minimum Gasteiger partial charge on any atom is -0.392 e. The molecule has 1 rings (SSSR count). The minimum absolute atomic E-state index is 0.0460. The molecule has 1 aromatic heterocycles. The first-order valence-corrected chi connectivity index (χ1v) is 6.27. The molecule has 0 bridgehead atoms. The zero-order valence-corrected chi connectivity index (χ0v) is 9.64. The zero-order valence-electron chi connectivity index (χ0n) is 8.07. The highest BCUT2D eigenvalue weighted by atomic mass is 35.5. The Hall–Kier alpha value is -0.850. The molecular weight excluding hydrogens is 240 g/mol. The van der Waals surface area contributed by atoms with E-state index in [1.807, 2.05) is 0 Å². The number of anilines is 1. The van der Waals surface area contributed by atoms with Gasteiger partial charge in [0.2, 0.25) is 10.0 Å². The molecule has 0 radical (unpaired) electrons. The lowest BCUT2D eigenvalue weighted by Crippen LogP contribution is -2.15. The van der Waals surface area contributed by atoms with Crippen LogP contribution in [0.25, 0.3) is 0 Å². The largest absolute Gasteiger partial charge is 0.392 e. The molecule has 0 aliphatic rings. The van der Waals surface area contributed by atoms with Crippen LogP contribution in [0.15, 0.2) is 12.1 Å². The lowest BCUT2D eigenvalue weighted by Gasteiger charge is -2.06. The van der Waals surface area contributed by atoms with Gasteiger partial charge in [-0.3, -0.25) is 4.72 Å². The SMILES string of the molecule is CCS(=O)(=O)Nc1cc(CO)cc(Cl)n1. The van der Waals surface area contributed by atoms with Crippen LogP contribution in [0.5, 0.6) is 0 Å². The average molecular weight is 251 g/mol. The lowest BCUT2D eigenvalue weighted by atomic mass is 10.3. The van der Waals surface area contributed by atoms with Gasteiger partial charge < -0.3 is 5.11 Å². The van der Waals surface area contributed by atoms with Crippen molar-refractivity contribution in [3.63, 3.8) is 0 Å². The summed E-state index contributed by atoms with van der Waals surface area (Å²) in [5.41, 5.74) is 0.504. The molecule has 2 N–H and O–H groups in total. The zero-order chi connectivity index (χ0) is 11.5. The van der Waals surface area contributed by atoms with Gasteiger partial charge in [-0.1, -0.05) is 11.6 Å². The summed E-state index contributed by atoms with van der Waals surface area (Å²) in [5, 5.41) is 9.01. The summed E-state index contributed by atoms with van der Waals surface area (Å²) in [7, 11) is -3.37. The molecule has 0 saturated heterocycles. The van der Waals surface area contributed by atoms with Gasteiger partial charge in [0.05, 0.1) is 12.4 Å². The number of aliphatic hydroxyl groups excluding tert-OH is 1. The maximum atomic E-state index is 11.2. The predicted molar refractivity (Wildman–Crippen MR) is 58.3 cm³/mol. The summed E-state index contributed by atoms with van der Waals surface area (Å²) in [6, 6.07) is 2.89. The van der Waals surface area contributed by atoms with E-state index in [0.717, 1.165) is 0 Å². The van der Waals surface area contributed by atoms with E-state index >= 15 is 0 Å². The smallest absolute Gasteiger partial charge is 0.233 e. The molecule has 84 valence electrons. The molecule has 1 aromatic rings. The third-order valence-electron chi connectivity index (χ3n) is 1.68. The molecule has 0 aliphatic carbocycles. The second-order valence-electron chi connectivity index (χ2n) is 2.85. The molecule has 0 unspecified atom stereocenters. The summed E-state index contributed by atoms with van der Waals surface area (Å²) in [6.07, 6.45) is 0. The first-order chi connectivity index (χ1) is 6.96. The van der Waals surface area contributed by atoms with Crippen molar-refractivity contribution in [3.05, 3.63) is 22.8 Å². The monoisotopic (exact) mass is 250 g/mol. The van der Waals surface area contributed by atoms with Gasteiger partial charge in [0.15, 0.2) is 0 Å². The molecule has 15 heavy (non-hydrogen) atoms. The van der Waals surface area contributed by atoms with E-state index in [4.69, 9.17) is 16.7 Å². The molecule has 0 aliphatic heterocycles. The van der Waals surface area contributed by atoms with Gasteiger partial charge in [-0.05, 0) is 24.6 Å². The quantitative estimate of drug-likeness (QED) is 0.781. The maximum Gasteiger partial charge on any atom is 0.233 e. The highest BCUT2D eigenvalue weighted by Crippen LogP contribution is 2.15. The van der Waals surface area contributed by atoms with E-state index in [9.17, 15) is 8.42 Å². The van der Waals surface area contributed by atoms with Crippen LogP contribution >= 0.6 is 11.6 Å². The maximum absolute atomic E-state index is 11.2. The van der Waals surface area contributed by atoms with Crippen molar-refractivity contribution >= 4 is 27.4 Å². The van der Waals surface area contributed by atoms with Crippen LogP contribution in [0.1, 0.15) is 12.5 Å². The van der Waals surface area contributed by atoms with E-state index in [1.165, 1.54) is 19.1 Å². The van der Waals surface area contributed by atoms with Crippen LogP contribution in [0.4, 0.5) is 5.82 Å². The van der Waals surface area contributed by atoms with E-state index in [2.05, 4.69) is 9.71 Å². The van der Waals surface area contributed by atoms with E-state index < -0.39 is 10.0 Å². The Morgan fingerprint density at radius 1 is 1.53 bits per heavy atom. The number of rotatable bonds is 4. The number of nitrogens with zero attached hydrogens (tertiary/aromatic N) is 1. The topological polar surface area (TPSA) is 79.3 Å². The van der Waals surface area contributed by atoms with Crippen molar-refractivity contribution in [2.24, 2.45) is 0 Å². The molecule has 0 saturated carbocycles. The van der Waals surface area contributed by atoms with Crippen molar-refractivity contribution < 1.29 is 13.5 Å². The summed E-state index contributed by atoms with van der Waals surface area (Å²) in [4.78, 5) is 3.78. The molecule has 5 nitrogen and oxygen atoms in total. The van der Waals surface area contributed by atoms with Crippen molar-refractivity contribution in [3.8, 4) is 0 Å². The third kappa shape index (κ3) is 3.65. The minimum atomic E-state index is -3.37. The molecule has 0 amide bonds. The summed E-state index contributed by atoms with van der Waals surface area (Å²) < 4.78 is 24.7. The number of pyridine rings is 1. The molecule has 1 heterocycles. The van der Waals surface area contributed by atoms with Crippen LogP contribution < -0.4 is 4.72 Å². The summed E-state index contributed by atoms with van der Waals surface area (Å²) in [6.45, 7) is 1.29. The van der Waals surface area contributed by atoms with Gasteiger partial charge in [-0.15, -0.1) is 0 Å². The highest BCUT2D eigenvalue weighted by Gasteiger charge is 2.09. The molecule has 0 atom stereocenters. The normalized spacial score (nSPS) is 11.4. The summed E-state index contributed by atoms with van der Waals surface area (Å²) >= 11 is 5.64. The Morgan fingerprint density at radius 3 is 2.73 bits per heavy atom. The number of halogens is 1. The molecule has 7 heteroatoms. The van der Waals surface area contributed by atoms with Crippen molar-refractivity contribution in [2.45, 2.75) is 13.5 Å². The lowest BCUT2D eigenvalue weighted by molar-refractivity contribution is 0.282. The number of aromatic nitrogens is 1. The molecule has 0 spiro atoms. The second kappa shape index (κ2) is 4.78. The first-order valence-electron chi connectivity index (χ1n) is 4.24. The van der Waals surface area contributed by atoms with E-state index in [0.29, 0.717) is 5.56 Å². The molecular formula is C8H11ClN2O3S. The van der Waals surface area contributed by atoms with Crippen LogP contribution in [-0.4, -0.2) is 24.3 Å². The Labute approximate surface area is 93.2 Å². The van der Waals surface area contributed by atoms with E-state index in [-0.39, 0.29) is 23.3 Å². The highest BCUT2D eigenvalue weighted by molar-refractivity contribution is 7.92. The van der Waals surface area contributed by atoms with Gasteiger partial charge >= 0.3 is 0 Å². The fraction of sp³-hybridized carbons (Fsp3) is 0.375. The Bertz CT molecular complexity index is 447. The molecule has 0 fully saturated rings. The van der Waals surface area contributed by atoms with Crippen LogP contribution in [0, 0.1) is 0 Å². The number of hydrogen-bond donors (Lipinski definition) is 2. The Balaban J connectivity index is 3.00. The van der Waals surface area contributed by atoms with Gasteiger partial charge in [0, 0.05) is 0 Å². The fourth-order valence-corrected chi connectivity index (χ4v) is 1.72. The number of nitrogens with one attached hydrogen (secondary N) is 1. The van der Waals surface area contributed by atoms with Gasteiger partial charge in [0.25, 0.3) is 0 Å². The Kier molecular flexibility index (Phi) is 3.90. The number of aliphatic hydroxyl groups is 1. The van der Waals surface area contributed by atoms with Gasteiger partial charge in [0.1, 0.15) is 11.0 Å². The van der Waals surface area contributed by atoms with E-state index in [1.54, 1.807) is 0 Å². The van der Waals surface area contributed by atoms with Crippen molar-refractivity contribution in [2.75, 3.05) is 10.5 Å². The first kappa shape index (κ1) is 12.2. The number of hydrogen-bond acceptors (Lipinski definition) is 4. The van der Waals surface area contributed by atoms with Crippen molar-refractivity contribution in [1.29, 1.82) is 0 Å². The predicted octanol–water partition coefficient (Wildman–Crippen LogP) is 0.989. The number of sulfonamides is 1. The standard InChI is InChI=1S/C8H11ClN2O3S/c1-2-15(13,14)11-8-4-6(5-12)3-7(9)10-8/h3-4,12H,2,5H2,1H3,(H,10,11). The molecule has 0 aromatic carbocycles. The van der Waals surface area contributed by atoms with Crippen molar-refractivity contribution in [1.82, 2.24) is 4.98 Å². The Morgan fingerprint density at radius 2 is 2.20 bits per heavy atom. The van der Waals surface area contributed by atoms with Crippen LogP contribution in [0.2, 0.25) is 5.15 Å². The third-order valence-corrected chi connectivity index (χ3v) is 3.15. The van der Waals surface area contributed by atoms with Crippen LogP contribution in [-0.2, 0) is 16.6 Å². The van der Waals surface area contributed by atoms with Crippen LogP contribution in [0.3, 0.4) is 0 Å². The van der Waals surface area contributed by atoms with Gasteiger partial charge in [-0.25, -0.2) is 13.4 Å². The average Bonchev–Trinajstić information content (AvgIpc) is 2.16. The fourth-order valence-electron chi connectivity index (χ4n) is 0.925.